The van der Waals surface area contributed by atoms with Gasteiger partial charge >= 0.3 is 5.97 Å². The summed E-state index contributed by atoms with van der Waals surface area (Å²) in [6.45, 7) is 1.87. The van der Waals surface area contributed by atoms with E-state index in [0.717, 1.165) is 18.5 Å². The van der Waals surface area contributed by atoms with Crippen LogP contribution in [0.2, 0.25) is 0 Å². The highest BCUT2D eigenvalue weighted by atomic mass is 16.4. The minimum atomic E-state index is -1.27. The topological polar surface area (TPSA) is 86.2 Å². The second-order valence-electron chi connectivity index (χ2n) is 4.20. The van der Waals surface area contributed by atoms with Crippen molar-refractivity contribution in [1.82, 2.24) is 10.2 Å². The van der Waals surface area contributed by atoms with Gasteiger partial charge in [-0.1, -0.05) is 6.92 Å². The number of fused-ring (bicyclic) bond motifs is 1. The van der Waals surface area contributed by atoms with Gasteiger partial charge in [-0.2, -0.15) is 5.10 Å². The normalized spacial score (nSPS) is 29.9. The molecule has 0 amide bonds. The molecule has 1 heterocycles. The Kier molecular flexibility index (Phi) is 2.26. The van der Waals surface area contributed by atoms with Crippen molar-refractivity contribution in [1.29, 1.82) is 0 Å². The van der Waals surface area contributed by atoms with Crippen LogP contribution in [-0.4, -0.2) is 26.4 Å². The molecule has 5 nitrogen and oxygen atoms in total. The third kappa shape index (κ3) is 1.52. The van der Waals surface area contributed by atoms with E-state index in [-0.39, 0.29) is 12.3 Å². The van der Waals surface area contributed by atoms with Crippen molar-refractivity contribution < 1.29 is 15.0 Å². The fourth-order valence-electron chi connectivity index (χ4n) is 2.24. The lowest BCUT2D eigenvalue weighted by Crippen LogP contribution is -2.39. The summed E-state index contributed by atoms with van der Waals surface area (Å²) in [6, 6.07) is 0. The molecule has 0 spiro atoms. The summed E-state index contributed by atoms with van der Waals surface area (Å²) in [5.41, 5.74) is 0.229. The van der Waals surface area contributed by atoms with Crippen LogP contribution in [0.1, 0.15) is 31.0 Å². The average Bonchev–Trinajstić information content (AvgIpc) is 2.59. The molecule has 1 aliphatic rings. The monoisotopic (exact) mass is 210 g/mol. The van der Waals surface area contributed by atoms with Crippen LogP contribution in [0.5, 0.6) is 0 Å². The zero-order valence-corrected chi connectivity index (χ0v) is 8.53. The molecule has 1 aromatic rings. The predicted octanol–water partition coefficient (Wildman–Crippen LogP) is 0.654. The van der Waals surface area contributed by atoms with Gasteiger partial charge in [-0.3, -0.25) is 9.89 Å². The molecule has 2 unspecified atom stereocenters. The third-order valence-corrected chi connectivity index (χ3v) is 3.25. The number of aromatic amines is 1. The standard InChI is InChI=1S/C10H14N2O3/c1-6-2-3-8-7(5-11-12-8)10(6,15)4-9(13)14/h5-6,15H,2-4H2,1H3,(H,11,12)(H,13,14). The number of rotatable bonds is 2. The van der Waals surface area contributed by atoms with Crippen molar-refractivity contribution in [3.8, 4) is 0 Å². The van der Waals surface area contributed by atoms with E-state index in [0.29, 0.717) is 5.56 Å². The molecule has 0 saturated carbocycles. The van der Waals surface area contributed by atoms with Crippen molar-refractivity contribution >= 4 is 5.97 Å². The number of carbonyl (C=O) groups is 1. The van der Waals surface area contributed by atoms with Crippen molar-refractivity contribution in [2.75, 3.05) is 0 Å². The Hall–Kier alpha value is -1.36. The quantitative estimate of drug-likeness (QED) is 0.669. The largest absolute Gasteiger partial charge is 0.481 e. The molecular formula is C10H14N2O3. The van der Waals surface area contributed by atoms with Crippen LogP contribution in [0.25, 0.3) is 0 Å². The van der Waals surface area contributed by atoms with Crippen LogP contribution in [0.3, 0.4) is 0 Å². The zero-order valence-electron chi connectivity index (χ0n) is 8.53. The number of hydrogen-bond donors (Lipinski definition) is 3. The number of carboxylic acids is 1. The lowest BCUT2D eigenvalue weighted by Gasteiger charge is -2.36. The van der Waals surface area contributed by atoms with Crippen molar-refractivity contribution in [2.45, 2.75) is 31.8 Å². The maximum atomic E-state index is 10.8. The van der Waals surface area contributed by atoms with Crippen molar-refractivity contribution in [3.05, 3.63) is 17.5 Å². The van der Waals surface area contributed by atoms with E-state index >= 15 is 0 Å². The van der Waals surface area contributed by atoms with E-state index in [2.05, 4.69) is 10.2 Å². The van der Waals surface area contributed by atoms with E-state index in [9.17, 15) is 9.90 Å². The number of hydrogen-bond acceptors (Lipinski definition) is 3. The average molecular weight is 210 g/mol. The number of nitrogens with zero attached hydrogens (tertiary/aromatic N) is 1. The molecule has 0 bridgehead atoms. The van der Waals surface area contributed by atoms with Gasteiger partial charge in [0.05, 0.1) is 12.6 Å². The fourth-order valence-corrected chi connectivity index (χ4v) is 2.24. The molecular weight excluding hydrogens is 196 g/mol. The minimum Gasteiger partial charge on any atom is -0.481 e. The first kappa shape index (κ1) is 10.2. The van der Waals surface area contributed by atoms with Gasteiger partial charge < -0.3 is 10.2 Å². The van der Waals surface area contributed by atoms with Gasteiger partial charge in [0.2, 0.25) is 0 Å². The van der Waals surface area contributed by atoms with Crippen LogP contribution < -0.4 is 0 Å². The number of aryl methyl sites for hydroxylation is 1. The zero-order chi connectivity index (χ0) is 11.1. The maximum absolute atomic E-state index is 10.8. The summed E-state index contributed by atoms with van der Waals surface area (Å²) in [7, 11) is 0. The molecule has 1 aromatic heterocycles. The number of aliphatic carboxylic acids is 1. The predicted molar refractivity (Wildman–Crippen MR) is 52.2 cm³/mol. The van der Waals surface area contributed by atoms with Crippen LogP contribution in [0.15, 0.2) is 6.20 Å². The summed E-state index contributed by atoms with van der Waals surface area (Å²) >= 11 is 0. The summed E-state index contributed by atoms with van der Waals surface area (Å²) < 4.78 is 0. The Labute approximate surface area is 87.1 Å². The molecule has 0 aliphatic heterocycles. The third-order valence-electron chi connectivity index (χ3n) is 3.25. The number of aliphatic hydroxyl groups is 1. The number of H-pyrrole nitrogens is 1. The van der Waals surface area contributed by atoms with E-state index in [1.807, 2.05) is 6.92 Å². The first-order chi connectivity index (χ1) is 7.04. The molecule has 0 aromatic carbocycles. The summed E-state index contributed by atoms with van der Waals surface area (Å²) in [4.78, 5) is 10.8. The van der Waals surface area contributed by atoms with Crippen molar-refractivity contribution in [3.63, 3.8) is 0 Å². The molecule has 1 aliphatic carbocycles. The second kappa shape index (κ2) is 3.34. The first-order valence-corrected chi connectivity index (χ1v) is 5.01. The lowest BCUT2D eigenvalue weighted by atomic mass is 9.73. The molecule has 0 fully saturated rings. The van der Waals surface area contributed by atoms with E-state index in [1.165, 1.54) is 6.20 Å². The highest BCUT2D eigenvalue weighted by molar-refractivity contribution is 5.69. The molecule has 2 rings (SSSR count). The van der Waals surface area contributed by atoms with E-state index in [4.69, 9.17) is 5.11 Å². The van der Waals surface area contributed by atoms with Gasteiger partial charge in [-0.15, -0.1) is 0 Å². The van der Waals surface area contributed by atoms with Crippen LogP contribution >= 0.6 is 0 Å². The molecule has 3 N–H and O–H groups in total. The lowest BCUT2D eigenvalue weighted by molar-refractivity contribution is -0.146. The molecule has 2 atom stereocenters. The minimum absolute atomic E-state index is 0.0568. The Bertz CT molecular complexity index is 388. The number of nitrogens with one attached hydrogen (secondary N) is 1. The summed E-state index contributed by atoms with van der Waals surface area (Å²) in [5, 5.41) is 25.9. The first-order valence-electron chi connectivity index (χ1n) is 5.01. The molecule has 82 valence electrons. The van der Waals surface area contributed by atoms with Gasteiger partial charge in [0, 0.05) is 11.3 Å². The fraction of sp³-hybridized carbons (Fsp3) is 0.600. The SMILES string of the molecule is CC1CCc2[nH]ncc2C1(O)CC(=O)O. The number of carboxylic acid groups (broad SMARTS) is 1. The summed E-state index contributed by atoms with van der Waals surface area (Å²) in [6.07, 6.45) is 2.87. The molecule has 0 radical (unpaired) electrons. The van der Waals surface area contributed by atoms with Gasteiger partial charge in [0.1, 0.15) is 5.60 Å². The van der Waals surface area contributed by atoms with Gasteiger partial charge in [-0.05, 0) is 18.8 Å². The van der Waals surface area contributed by atoms with Gasteiger partial charge in [-0.25, -0.2) is 0 Å². The second-order valence-corrected chi connectivity index (χ2v) is 4.20. The van der Waals surface area contributed by atoms with E-state index < -0.39 is 11.6 Å². The Balaban J connectivity index is 2.42. The maximum Gasteiger partial charge on any atom is 0.306 e. The van der Waals surface area contributed by atoms with Crippen LogP contribution in [0.4, 0.5) is 0 Å². The Morgan fingerprint density at radius 3 is 3.20 bits per heavy atom. The highest BCUT2D eigenvalue weighted by Crippen LogP contribution is 2.41. The number of aromatic nitrogens is 2. The molecule has 15 heavy (non-hydrogen) atoms. The van der Waals surface area contributed by atoms with Crippen LogP contribution in [-0.2, 0) is 16.8 Å². The molecule has 0 saturated heterocycles. The summed E-state index contributed by atoms with van der Waals surface area (Å²) in [5.74, 6) is -1.04. The van der Waals surface area contributed by atoms with Gasteiger partial charge in [0.25, 0.3) is 0 Å². The van der Waals surface area contributed by atoms with Crippen molar-refractivity contribution in [2.24, 2.45) is 5.92 Å². The van der Waals surface area contributed by atoms with E-state index in [1.54, 1.807) is 0 Å². The highest BCUT2D eigenvalue weighted by Gasteiger charge is 2.43. The Morgan fingerprint density at radius 1 is 1.80 bits per heavy atom. The van der Waals surface area contributed by atoms with Crippen LogP contribution in [0, 0.1) is 5.92 Å². The Morgan fingerprint density at radius 2 is 2.53 bits per heavy atom. The molecule has 5 heteroatoms. The smallest absolute Gasteiger partial charge is 0.306 e. The van der Waals surface area contributed by atoms with Gasteiger partial charge in [0.15, 0.2) is 0 Å².